The summed E-state index contributed by atoms with van der Waals surface area (Å²) in [5.41, 5.74) is 1.02. The van der Waals surface area contributed by atoms with Crippen LogP contribution in [0.1, 0.15) is 12.5 Å². The van der Waals surface area contributed by atoms with Crippen molar-refractivity contribution in [2.45, 2.75) is 13.3 Å². The van der Waals surface area contributed by atoms with Crippen LogP contribution in [0.2, 0.25) is 10.0 Å². The molecule has 6 nitrogen and oxygen atoms in total. The first-order chi connectivity index (χ1) is 11.4. The number of nitro groups is 1. The second-order valence-electron chi connectivity index (χ2n) is 4.87. The predicted molar refractivity (Wildman–Crippen MR) is 93.1 cm³/mol. The van der Waals surface area contributed by atoms with Gasteiger partial charge in [-0.25, -0.2) is 0 Å². The number of nitrogens with one attached hydrogen (secondary N) is 1. The fraction of sp³-hybridized carbons (Fsp3) is 0.188. The van der Waals surface area contributed by atoms with E-state index in [9.17, 15) is 14.9 Å². The lowest BCUT2D eigenvalue weighted by molar-refractivity contribution is -0.384. The second-order valence-corrected chi connectivity index (χ2v) is 5.69. The number of ether oxygens (including phenoxy) is 1. The highest BCUT2D eigenvalue weighted by Crippen LogP contribution is 2.33. The molecular weight excluding hydrogens is 355 g/mol. The normalized spacial score (nSPS) is 10.3. The molecular formula is C16H14Cl2N2O4. The minimum atomic E-state index is -0.650. The van der Waals surface area contributed by atoms with Gasteiger partial charge in [0.15, 0.2) is 6.61 Å². The van der Waals surface area contributed by atoms with Crippen molar-refractivity contribution in [3.05, 3.63) is 62.1 Å². The highest BCUT2D eigenvalue weighted by Gasteiger charge is 2.17. The maximum absolute atomic E-state index is 11.9. The number of nitrogens with zero attached hydrogens (tertiary/aromatic N) is 1. The Morgan fingerprint density at radius 2 is 1.88 bits per heavy atom. The first-order valence-electron chi connectivity index (χ1n) is 7.05. The van der Waals surface area contributed by atoms with E-state index in [2.05, 4.69) is 5.32 Å². The van der Waals surface area contributed by atoms with Crippen LogP contribution in [-0.2, 0) is 11.2 Å². The van der Waals surface area contributed by atoms with Gasteiger partial charge in [0.25, 0.3) is 11.6 Å². The van der Waals surface area contributed by atoms with E-state index in [4.69, 9.17) is 27.9 Å². The number of aryl methyl sites for hydroxylation is 1. The van der Waals surface area contributed by atoms with Crippen molar-refractivity contribution in [3.63, 3.8) is 0 Å². The SMILES string of the molecule is CCc1ccc(OCC(=O)Nc2cc(Cl)c([N+](=O)[O-])cc2Cl)cc1. The van der Waals surface area contributed by atoms with E-state index in [0.717, 1.165) is 12.5 Å². The van der Waals surface area contributed by atoms with Crippen molar-refractivity contribution >= 4 is 40.5 Å². The summed E-state index contributed by atoms with van der Waals surface area (Å²) in [6.07, 6.45) is 0.917. The lowest BCUT2D eigenvalue weighted by Crippen LogP contribution is -2.20. The van der Waals surface area contributed by atoms with Gasteiger partial charge in [-0.05, 0) is 30.2 Å². The fourth-order valence-corrected chi connectivity index (χ4v) is 2.37. The lowest BCUT2D eigenvalue weighted by Gasteiger charge is -2.09. The van der Waals surface area contributed by atoms with Gasteiger partial charge in [-0.1, -0.05) is 42.3 Å². The van der Waals surface area contributed by atoms with Gasteiger partial charge < -0.3 is 10.1 Å². The molecule has 0 bridgehead atoms. The number of hydrogen-bond acceptors (Lipinski definition) is 4. The van der Waals surface area contributed by atoms with Crippen molar-refractivity contribution in [2.75, 3.05) is 11.9 Å². The van der Waals surface area contributed by atoms with Crippen molar-refractivity contribution in [2.24, 2.45) is 0 Å². The van der Waals surface area contributed by atoms with Crippen LogP contribution >= 0.6 is 23.2 Å². The molecule has 0 aromatic heterocycles. The second kappa shape index (κ2) is 7.99. The molecule has 0 aliphatic rings. The van der Waals surface area contributed by atoms with Crippen molar-refractivity contribution in [1.29, 1.82) is 0 Å². The molecule has 0 saturated heterocycles. The highest BCUT2D eigenvalue weighted by molar-refractivity contribution is 6.37. The Morgan fingerprint density at radius 3 is 2.46 bits per heavy atom. The number of carbonyl (C=O) groups is 1. The van der Waals surface area contributed by atoms with Gasteiger partial charge in [0.1, 0.15) is 10.8 Å². The van der Waals surface area contributed by atoms with Crippen LogP contribution in [0.15, 0.2) is 36.4 Å². The van der Waals surface area contributed by atoms with Gasteiger partial charge in [-0.15, -0.1) is 0 Å². The molecule has 1 amide bonds. The van der Waals surface area contributed by atoms with Crippen LogP contribution in [0.3, 0.4) is 0 Å². The zero-order chi connectivity index (χ0) is 17.7. The lowest BCUT2D eigenvalue weighted by atomic mass is 10.2. The van der Waals surface area contributed by atoms with E-state index >= 15 is 0 Å². The van der Waals surface area contributed by atoms with Gasteiger partial charge in [-0.3, -0.25) is 14.9 Å². The third-order valence-electron chi connectivity index (χ3n) is 3.21. The summed E-state index contributed by atoms with van der Waals surface area (Å²) in [6, 6.07) is 9.71. The molecule has 0 atom stereocenters. The van der Waals surface area contributed by atoms with Gasteiger partial charge in [0.05, 0.1) is 15.6 Å². The molecule has 0 aliphatic carbocycles. The smallest absolute Gasteiger partial charge is 0.289 e. The standard InChI is InChI=1S/C16H14Cl2N2O4/c1-2-10-3-5-11(6-4-10)24-9-16(21)19-14-7-13(18)15(20(22)23)8-12(14)17/h3-8H,2,9H2,1H3,(H,19,21). The maximum Gasteiger partial charge on any atom is 0.289 e. The summed E-state index contributed by atoms with van der Waals surface area (Å²) in [7, 11) is 0. The molecule has 0 saturated carbocycles. The molecule has 2 aromatic carbocycles. The van der Waals surface area contributed by atoms with Gasteiger partial charge in [0.2, 0.25) is 0 Å². The topological polar surface area (TPSA) is 81.5 Å². The van der Waals surface area contributed by atoms with E-state index in [1.807, 2.05) is 19.1 Å². The molecule has 0 aliphatic heterocycles. The van der Waals surface area contributed by atoms with E-state index < -0.39 is 10.8 Å². The maximum atomic E-state index is 11.9. The van der Waals surface area contributed by atoms with Gasteiger partial charge >= 0.3 is 0 Å². The fourth-order valence-electron chi connectivity index (χ4n) is 1.93. The minimum Gasteiger partial charge on any atom is -0.484 e. The van der Waals surface area contributed by atoms with Crippen molar-refractivity contribution < 1.29 is 14.5 Å². The van der Waals surface area contributed by atoms with E-state index in [0.29, 0.717) is 5.75 Å². The van der Waals surface area contributed by atoms with Crippen LogP contribution in [0.25, 0.3) is 0 Å². The highest BCUT2D eigenvalue weighted by atomic mass is 35.5. The number of benzene rings is 2. The van der Waals surface area contributed by atoms with Crippen molar-refractivity contribution in [1.82, 2.24) is 0 Å². The van der Waals surface area contributed by atoms with E-state index in [-0.39, 0.29) is 28.0 Å². The first kappa shape index (κ1) is 18.0. The summed E-state index contributed by atoms with van der Waals surface area (Å²) < 4.78 is 5.38. The third kappa shape index (κ3) is 4.59. The quantitative estimate of drug-likeness (QED) is 0.601. The number of rotatable bonds is 6. The molecule has 1 N–H and O–H groups in total. The van der Waals surface area contributed by atoms with Gasteiger partial charge in [0, 0.05) is 6.07 Å². The third-order valence-corrected chi connectivity index (χ3v) is 3.82. The monoisotopic (exact) mass is 368 g/mol. The Bertz CT molecular complexity index is 763. The Morgan fingerprint density at radius 1 is 1.21 bits per heavy atom. The molecule has 0 fully saturated rings. The molecule has 0 spiro atoms. The first-order valence-corrected chi connectivity index (χ1v) is 7.81. The molecule has 2 aromatic rings. The van der Waals surface area contributed by atoms with Crippen LogP contribution in [-0.4, -0.2) is 17.4 Å². The van der Waals surface area contributed by atoms with Crippen LogP contribution in [0.4, 0.5) is 11.4 Å². The molecule has 8 heteroatoms. The number of nitro benzene ring substituents is 1. The average Bonchev–Trinajstić information content (AvgIpc) is 2.56. The summed E-state index contributed by atoms with van der Waals surface area (Å²) in [4.78, 5) is 22.0. The summed E-state index contributed by atoms with van der Waals surface area (Å²) in [5, 5.41) is 13.2. The number of carbonyl (C=O) groups excluding carboxylic acids is 1. The predicted octanol–water partition coefficient (Wildman–Crippen LogP) is 4.48. The molecule has 2 rings (SSSR count). The number of amides is 1. The molecule has 0 heterocycles. The zero-order valence-corrected chi connectivity index (χ0v) is 14.2. The van der Waals surface area contributed by atoms with Gasteiger partial charge in [-0.2, -0.15) is 0 Å². The molecule has 0 radical (unpaired) electrons. The molecule has 126 valence electrons. The molecule has 24 heavy (non-hydrogen) atoms. The van der Waals surface area contributed by atoms with Crippen LogP contribution < -0.4 is 10.1 Å². The Labute approximate surface area is 148 Å². The van der Waals surface area contributed by atoms with E-state index in [1.54, 1.807) is 12.1 Å². The summed E-state index contributed by atoms with van der Waals surface area (Å²) >= 11 is 11.7. The summed E-state index contributed by atoms with van der Waals surface area (Å²) in [5.74, 6) is 0.108. The largest absolute Gasteiger partial charge is 0.484 e. The Balaban J connectivity index is 1.99. The van der Waals surface area contributed by atoms with E-state index in [1.165, 1.54) is 11.6 Å². The number of hydrogen-bond donors (Lipinski definition) is 1. The Hall–Kier alpha value is -2.31. The zero-order valence-electron chi connectivity index (χ0n) is 12.7. The number of anilines is 1. The Kier molecular flexibility index (Phi) is 6.00. The summed E-state index contributed by atoms with van der Waals surface area (Å²) in [6.45, 7) is 1.82. The van der Waals surface area contributed by atoms with Crippen LogP contribution in [0.5, 0.6) is 5.75 Å². The average molecular weight is 369 g/mol. The number of halogens is 2. The minimum absolute atomic E-state index is 0.0201. The molecule has 0 unspecified atom stereocenters. The van der Waals surface area contributed by atoms with Crippen LogP contribution in [0, 0.1) is 10.1 Å². The van der Waals surface area contributed by atoms with Crippen molar-refractivity contribution in [3.8, 4) is 5.75 Å².